The lowest BCUT2D eigenvalue weighted by atomic mass is 10.2. The Bertz CT molecular complexity index is 1070. The molecule has 1 aromatic carbocycles. The molecule has 0 N–H and O–H groups in total. The molecule has 9 heteroatoms. The number of tetrazole rings is 1. The van der Waals surface area contributed by atoms with Gasteiger partial charge in [0.15, 0.2) is 10.9 Å². The fourth-order valence-corrected chi connectivity index (χ4v) is 4.40. The molecule has 0 unspecified atom stereocenters. The van der Waals surface area contributed by atoms with E-state index in [-0.39, 0.29) is 11.5 Å². The number of rotatable bonds is 6. The Morgan fingerprint density at radius 2 is 2.04 bits per heavy atom. The number of carbonyl (C=O) groups excluding carboxylic acids is 1. The van der Waals surface area contributed by atoms with Crippen LogP contribution in [0.4, 0.5) is 0 Å². The average Bonchev–Trinajstić information content (AvgIpc) is 3.41. The van der Waals surface area contributed by atoms with Gasteiger partial charge in [-0.2, -0.15) is 4.68 Å². The molecule has 0 spiro atoms. The van der Waals surface area contributed by atoms with E-state index in [1.54, 1.807) is 22.2 Å². The normalized spacial score (nSPS) is 11.0. The van der Waals surface area contributed by atoms with Crippen LogP contribution >= 0.6 is 23.1 Å². The van der Waals surface area contributed by atoms with Crippen LogP contribution in [0.3, 0.4) is 0 Å². The number of Topliss-reactive ketones (excluding diaryl/α,β-unsaturated/α-hetero) is 1. The first-order chi connectivity index (χ1) is 13.1. The maximum atomic E-state index is 12.8. The van der Waals surface area contributed by atoms with Crippen LogP contribution in [-0.2, 0) is 0 Å². The summed E-state index contributed by atoms with van der Waals surface area (Å²) in [6.45, 7) is 3.93. The van der Waals surface area contributed by atoms with Crippen molar-refractivity contribution >= 4 is 28.9 Å². The summed E-state index contributed by atoms with van der Waals surface area (Å²) < 4.78 is 3.65. The quantitative estimate of drug-likeness (QED) is 0.367. The highest BCUT2D eigenvalue weighted by molar-refractivity contribution is 7.99. The minimum absolute atomic E-state index is 0.0403. The van der Waals surface area contributed by atoms with Crippen molar-refractivity contribution in [2.24, 2.45) is 0 Å². The second kappa shape index (κ2) is 7.45. The Morgan fingerprint density at radius 1 is 1.22 bits per heavy atom. The average molecular weight is 397 g/mol. The Morgan fingerprint density at radius 3 is 2.78 bits per heavy atom. The highest BCUT2D eigenvalue weighted by atomic mass is 32.2. The monoisotopic (exact) mass is 396 g/mol. The van der Waals surface area contributed by atoms with E-state index in [9.17, 15) is 4.79 Å². The third-order valence-electron chi connectivity index (χ3n) is 4.12. The number of para-hydroxylation sites is 1. The third kappa shape index (κ3) is 3.43. The zero-order valence-electron chi connectivity index (χ0n) is 14.7. The molecular weight excluding hydrogens is 380 g/mol. The molecule has 4 aromatic rings. The Hall–Kier alpha value is -2.78. The maximum Gasteiger partial charge on any atom is 0.214 e. The molecule has 0 aliphatic rings. The number of aromatic nitrogens is 6. The van der Waals surface area contributed by atoms with Gasteiger partial charge in [-0.25, -0.2) is 4.98 Å². The van der Waals surface area contributed by atoms with Crippen LogP contribution in [0.15, 0.2) is 53.1 Å². The predicted octanol–water partition coefficient (Wildman–Crippen LogP) is 3.50. The van der Waals surface area contributed by atoms with Gasteiger partial charge < -0.3 is 0 Å². The smallest absolute Gasteiger partial charge is 0.214 e. The molecule has 4 rings (SSSR count). The molecule has 0 aliphatic carbocycles. The zero-order valence-corrected chi connectivity index (χ0v) is 16.4. The molecule has 0 saturated heterocycles. The lowest BCUT2D eigenvalue weighted by Gasteiger charge is -2.06. The minimum Gasteiger partial charge on any atom is -0.294 e. The summed E-state index contributed by atoms with van der Waals surface area (Å²) in [7, 11) is 0. The highest BCUT2D eigenvalue weighted by Crippen LogP contribution is 2.25. The first-order valence-corrected chi connectivity index (χ1v) is 10.1. The van der Waals surface area contributed by atoms with Gasteiger partial charge >= 0.3 is 0 Å². The Kier molecular flexibility index (Phi) is 4.87. The van der Waals surface area contributed by atoms with Gasteiger partial charge in [0.05, 0.1) is 11.4 Å². The molecule has 7 nitrogen and oxygen atoms in total. The predicted molar refractivity (Wildman–Crippen MR) is 105 cm³/mol. The molecule has 0 bridgehead atoms. The van der Waals surface area contributed by atoms with Gasteiger partial charge in [-0.3, -0.25) is 9.36 Å². The van der Waals surface area contributed by atoms with Crippen molar-refractivity contribution in [3.8, 4) is 10.8 Å². The summed E-state index contributed by atoms with van der Waals surface area (Å²) in [5, 5.41) is 15.2. The van der Waals surface area contributed by atoms with Gasteiger partial charge in [-0.15, -0.1) is 16.4 Å². The molecule has 0 fully saturated rings. The van der Waals surface area contributed by atoms with Crippen molar-refractivity contribution in [2.75, 3.05) is 5.75 Å². The number of thioether (sulfide) groups is 1. The van der Waals surface area contributed by atoms with Crippen molar-refractivity contribution in [3.05, 3.63) is 64.9 Å². The lowest BCUT2D eigenvalue weighted by molar-refractivity contribution is 0.102. The van der Waals surface area contributed by atoms with E-state index >= 15 is 0 Å². The second-order valence-corrected chi connectivity index (χ2v) is 7.67. The molecule has 0 aliphatic heterocycles. The van der Waals surface area contributed by atoms with Crippen molar-refractivity contribution in [3.63, 3.8) is 0 Å². The highest BCUT2D eigenvalue weighted by Gasteiger charge is 2.19. The number of hydrogen-bond donors (Lipinski definition) is 0. The molecule has 0 amide bonds. The van der Waals surface area contributed by atoms with Crippen LogP contribution < -0.4 is 0 Å². The third-order valence-corrected chi connectivity index (χ3v) is 5.79. The summed E-state index contributed by atoms with van der Waals surface area (Å²) >= 11 is 2.87. The number of thiazole rings is 1. The van der Waals surface area contributed by atoms with Crippen molar-refractivity contribution in [1.82, 2.24) is 29.8 Å². The number of ketones is 1. The molecule has 136 valence electrons. The van der Waals surface area contributed by atoms with Crippen molar-refractivity contribution in [2.45, 2.75) is 19.0 Å². The van der Waals surface area contributed by atoms with Crippen molar-refractivity contribution < 1.29 is 4.79 Å². The van der Waals surface area contributed by atoms with Crippen LogP contribution in [0.1, 0.15) is 21.7 Å². The summed E-state index contributed by atoms with van der Waals surface area (Å²) in [5.74, 6) is 0.300. The zero-order chi connectivity index (χ0) is 18.8. The summed E-state index contributed by atoms with van der Waals surface area (Å²) in [6.07, 6.45) is 1.76. The summed E-state index contributed by atoms with van der Waals surface area (Å²) in [6, 6.07) is 11.5. The number of aryl methyl sites for hydroxylation is 1. The number of benzene rings is 1. The van der Waals surface area contributed by atoms with Gasteiger partial charge in [0.25, 0.3) is 0 Å². The van der Waals surface area contributed by atoms with E-state index in [0.29, 0.717) is 10.7 Å². The molecule has 0 saturated carbocycles. The number of hydrogen-bond acceptors (Lipinski definition) is 7. The molecule has 3 heterocycles. The first-order valence-electron chi connectivity index (χ1n) is 8.24. The van der Waals surface area contributed by atoms with Crippen LogP contribution in [0, 0.1) is 13.8 Å². The van der Waals surface area contributed by atoms with E-state index in [0.717, 1.165) is 22.2 Å². The number of nitrogens with zero attached hydrogens (tertiary/aromatic N) is 6. The van der Waals surface area contributed by atoms with E-state index < -0.39 is 0 Å². The number of carbonyl (C=O) groups is 1. The van der Waals surface area contributed by atoms with Crippen LogP contribution in [0.5, 0.6) is 0 Å². The fraction of sp³-hybridized carbons (Fsp3) is 0.167. The van der Waals surface area contributed by atoms with Gasteiger partial charge in [-0.05, 0) is 42.5 Å². The topological polar surface area (TPSA) is 78.5 Å². The first kappa shape index (κ1) is 17.6. The Balaban J connectivity index is 1.54. The summed E-state index contributed by atoms with van der Waals surface area (Å²) in [5.41, 5.74) is 3.45. The van der Waals surface area contributed by atoms with Crippen LogP contribution in [0.2, 0.25) is 0 Å². The SMILES string of the molecule is Cc1cc(C(=O)CSc2nnnn2-c2ccccc2)c(C)n1-c1nccs1. The van der Waals surface area contributed by atoms with Crippen molar-refractivity contribution in [1.29, 1.82) is 0 Å². The Labute approximate surface area is 164 Å². The minimum atomic E-state index is 0.0403. The molecule has 0 radical (unpaired) electrons. The van der Waals surface area contributed by atoms with Crippen LogP contribution in [0.25, 0.3) is 10.8 Å². The lowest BCUT2D eigenvalue weighted by Crippen LogP contribution is -2.07. The molecule has 3 aromatic heterocycles. The molecule has 0 atom stereocenters. The van der Waals surface area contributed by atoms with Gasteiger partial charge in [0.1, 0.15) is 0 Å². The maximum absolute atomic E-state index is 12.8. The van der Waals surface area contributed by atoms with Gasteiger partial charge in [0, 0.05) is 28.5 Å². The van der Waals surface area contributed by atoms with Gasteiger partial charge in [0.2, 0.25) is 5.16 Å². The second-order valence-electron chi connectivity index (χ2n) is 5.86. The largest absolute Gasteiger partial charge is 0.294 e. The molecular formula is C18H16N6OS2. The van der Waals surface area contributed by atoms with E-state index in [1.807, 2.05) is 60.2 Å². The standard InChI is InChI=1S/C18H16N6OS2/c1-12-10-15(13(2)23(12)17-19-8-9-26-17)16(25)11-27-18-20-21-22-24(18)14-6-4-3-5-7-14/h3-10H,11H2,1-2H3. The summed E-state index contributed by atoms with van der Waals surface area (Å²) in [4.78, 5) is 17.2. The van der Waals surface area contributed by atoms with E-state index in [2.05, 4.69) is 20.5 Å². The fourth-order valence-electron chi connectivity index (χ4n) is 2.87. The van der Waals surface area contributed by atoms with E-state index in [4.69, 9.17) is 0 Å². The van der Waals surface area contributed by atoms with E-state index in [1.165, 1.54) is 11.8 Å². The molecule has 27 heavy (non-hydrogen) atoms. The van der Waals surface area contributed by atoms with Gasteiger partial charge in [-0.1, -0.05) is 30.0 Å². The van der Waals surface area contributed by atoms with Crippen LogP contribution in [-0.4, -0.2) is 41.3 Å².